The predicted octanol–water partition coefficient (Wildman–Crippen LogP) is 4.24. The van der Waals surface area contributed by atoms with Crippen molar-refractivity contribution in [3.8, 4) is 0 Å². The van der Waals surface area contributed by atoms with Gasteiger partial charge in [-0.05, 0) is 38.3 Å². The lowest BCUT2D eigenvalue weighted by Gasteiger charge is -2.32. The summed E-state index contributed by atoms with van der Waals surface area (Å²) < 4.78 is 10.8. The number of hydrogen-bond donors (Lipinski definition) is 0. The van der Waals surface area contributed by atoms with Gasteiger partial charge in [-0.25, -0.2) is 4.79 Å². The number of nitrogens with zero attached hydrogens (tertiary/aromatic N) is 2. The molecule has 0 aliphatic carbocycles. The SMILES string of the molecule is COC(=O)[C@@H]1C[C@H](N(Cc2ccccc2)C(=O)OC(C)(C)C)CN1Cc1ccccc1. The van der Waals surface area contributed by atoms with E-state index in [2.05, 4.69) is 4.90 Å². The maximum absolute atomic E-state index is 13.1. The Hall–Kier alpha value is -2.86. The summed E-state index contributed by atoms with van der Waals surface area (Å²) in [7, 11) is 1.41. The van der Waals surface area contributed by atoms with Crippen LogP contribution in [0.15, 0.2) is 60.7 Å². The van der Waals surface area contributed by atoms with Crippen molar-refractivity contribution in [2.45, 2.75) is 58.0 Å². The molecule has 1 saturated heterocycles. The van der Waals surface area contributed by atoms with Crippen LogP contribution in [0.4, 0.5) is 4.79 Å². The molecule has 0 unspecified atom stereocenters. The molecule has 0 aromatic heterocycles. The molecular weight excluding hydrogens is 392 g/mol. The van der Waals surface area contributed by atoms with Crippen molar-refractivity contribution in [2.24, 2.45) is 0 Å². The number of likely N-dealkylation sites (tertiary alicyclic amines) is 1. The van der Waals surface area contributed by atoms with Crippen molar-refractivity contribution in [2.75, 3.05) is 13.7 Å². The Kier molecular flexibility index (Phi) is 7.33. The van der Waals surface area contributed by atoms with Gasteiger partial charge in [0, 0.05) is 19.6 Å². The summed E-state index contributed by atoms with van der Waals surface area (Å²) in [6.07, 6.45) is 0.137. The van der Waals surface area contributed by atoms with Crippen LogP contribution in [-0.4, -0.2) is 53.2 Å². The summed E-state index contributed by atoms with van der Waals surface area (Å²) in [5, 5.41) is 0. The maximum atomic E-state index is 13.1. The van der Waals surface area contributed by atoms with Gasteiger partial charge in [-0.3, -0.25) is 14.6 Å². The molecular formula is C25H32N2O4. The summed E-state index contributed by atoms with van der Waals surface area (Å²) >= 11 is 0. The van der Waals surface area contributed by atoms with Crippen molar-refractivity contribution >= 4 is 12.1 Å². The number of benzene rings is 2. The number of rotatable bonds is 6. The van der Waals surface area contributed by atoms with Gasteiger partial charge in [0.2, 0.25) is 0 Å². The molecule has 1 aliphatic heterocycles. The van der Waals surface area contributed by atoms with E-state index >= 15 is 0 Å². The molecule has 2 aromatic carbocycles. The summed E-state index contributed by atoms with van der Waals surface area (Å²) in [4.78, 5) is 29.5. The van der Waals surface area contributed by atoms with Crippen LogP contribution in [0, 0.1) is 0 Å². The monoisotopic (exact) mass is 424 g/mol. The number of hydrogen-bond acceptors (Lipinski definition) is 5. The molecule has 0 saturated carbocycles. The average Bonchev–Trinajstić information content (AvgIpc) is 3.15. The minimum atomic E-state index is -0.601. The number of carbonyl (C=O) groups excluding carboxylic acids is 2. The van der Waals surface area contributed by atoms with Crippen molar-refractivity contribution in [1.29, 1.82) is 0 Å². The Morgan fingerprint density at radius 3 is 2.13 bits per heavy atom. The van der Waals surface area contributed by atoms with Crippen LogP contribution in [0.3, 0.4) is 0 Å². The van der Waals surface area contributed by atoms with Crippen LogP contribution >= 0.6 is 0 Å². The summed E-state index contributed by atoms with van der Waals surface area (Å²) in [5.74, 6) is -0.276. The van der Waals surface area contributed by atoms with E-state index in [-0.39, 0.29) is 18.1 Å². The zero-order valence-corrected chi connectivity index (χ0v) is 18.8. The molecule has 166 valence electrons. The quantitative estimate of drug-likeness (QED) is 0.649. The molecule has 0 N–H and O–H groups in total. The van der Waals surface area contributed by atoms with Crippen LogP contribution in [-0.2, 0) is 27.4 Å². The first-order chi connectivity index (χ1) is 14.8. The van der Waals surface area contributed by atoms with E-state index in [0.717, 1.165) is 11.1 Å². The van der Waals surface area contributed by atoms with Crippen LogP contribution in [0.2, 0.25) is 0 Å². The van der Waals surface area contributed by atoms with E-state index in [1.54, 1.807) is 4.90 Å². The van der Waals surface area contributed by atoms with Gasteiger partial charge in [-0.1, -0.05) is 60.7 Å². The Morgan fingerprint density at radius 1 is 1.00 bits per heavy atom. The first kappa shape index (κ1) is 22.8. The highest BCUT2D eigenvalue weighted by atomic mass is 16.6. The highest BCUT2D eigenvalue weighted by molar-refractivity contribution is 5.76. The number of ether oxygens (including phenoxy) is 2. The molecule has 0 radical (unpaired) electrons. The minimum absolute atomic E-state index is 0.164. The van der Waals surface area contributed by atoms with Crippen LogP contribution in [0.5, 0.6) is 0 Å². The number of esters is 1. The second-order valence-corrected chi connectivity index (χ2v) is 8.94. The molecule has 1 heterocycles. The van der Waals surface area contributed by atoms with Crippen LogP contribution in [0.25, 0.3) is 0 Å². The van der Waals surface area contributed by atoms with Gasteiger partial charge >= 0.3 is 12.1 Å². The summed E-state index contributed by atoms with van der Waals surface area (Å²) in [6.45, 7) is 7.19. The lowest BCUT2D eigenvalue weighted by atomic mass is 10.1. The van der Waals surface area contributed by atoms with E-state index in [4.69, 9.17) is 9.47 Å². The lowest BCUT2D eigenvalue weighted by molar-refractivity contribution is -0.146. The van der Waals surface area contributed by atoms with Gasteiger partial charge in [0.1, 0.15) is 11.6 Å². The van der Waals surface area contributed by atoms with Crippen molar-refractivity contribution in [3.05, 3.63) is 71.8 Å². The van der Waals surface area contributed by atoms with E-state index in [1.165, 1.54) is 7.11 Å². The fourth-order valence-electron chi connectivity index (χ4n) is 3.92. The summed E-state index contributed by atoms with van der Waals surface area (Å²) in [5.41, 5.74) is 1.53. The average molecular weight is 425 g/mol. The minimum Gasteiger partial charge on any atom is -0.468 e. The van der Waals surface area contributed by atoms with E-state index in [0.29, 0.717) is 26.1 Å². The molecule has 2 aromatic rings. The van der Waals surface area contributed by atoms with E-state index in [1.807, 2.05) is 81.4 Å². The first-order valence-electron chi connectivity index (χ1n) is 10.7. The van der Waals surface area contributed by atoms with Gasteiger partial charge in [0.25, 0.3) is 0 Å². The highest BCUT2D eigenvalue weighted by Gasteiger charge is 2.42. The largest absolute Gasteiger partial charge is 0.468 e. The van der Waals surface area contributed by atoms with Gasteiger partial charge in [-0.2, -0.15) is 0 Å². The van der Waals surface area contributed by atoms with Gasteiger partial charge in [-0.15, -0.1) is 0 Å². The predicted molar refractivity (Wildman–Crippen MR) is 119 cm³/mol. The Balaban J connectivity index is 1.84. The van der Waals surface area contributed by atoms with E-state index < -0.39 is 11.6 Å². The fraction of sp³-hybridized carbons (Fsp3) is 0.440. The molecule has 1 fully saturated rings. The molecule has 31 heavy (non-hydrogen) atoms. The third-order valence-corrected chi connectivity index (χ3v) is 5.35. The molecule has 6 heteroatoms. The van der Waals surface area contributed by atoms with Crippen LogP contribution in [0.1, 0.15) is 38.3 Å². The molecule has 6 nitrogen and oxygen atoms in total. The van der Waals surface area contributed by atoms with Crippen LogP contribution < -0.4 is 0 Å². The number of amides is 1. The Morgan fingerprint density at radius 2 is 1.58 bits per heavy atom. The Labute approximate surface area is 184 Å². The standard InChI is InChI=1S/C25H32N2O4/c1-25(2,3)31-24(29)27(17-20-13-9-6-10-14-20)21-15-22(23(28)30-4)26(18-21)16-19-11-7-5-8-12-19/h5-14,21-22H,15-18H2,1-4H3/t21-,22-/m0/s1. The van der Waals surface area contributed by atoms with Crippen molar-refractivity contribution < 1.29 is 19.1 Å². The Bertz CT molecular complexity index is 864. The normalized spacial score (nSPS) is 19.1. The highest BCUT2D eigenvalue weighted by Crippen LogP contribution is 2.28. The van der Waals surface area contributed by atoms with Gasteiger partial charge in [0.15, 0.2) is 0 Å². The second-order valence-electron chi connectivity index (χ2n) is 8.94. The zero-order valence-electron chi connectivity index (χ0n) is 18.8. The third-order valence-electron chi connectivity index (χ3n) is 5.35. The topological polar surface area (TPSA) is 59.1 Å². The molecule has 3 rings (SSSR count). The number of carbonyl (C=O) groups is 2. The summed E-state index contributed by atoms with van der Waals surface area (Å²) in [6, 6.07) is 19.3. The number of methoxy groups -OCH3 is 1. The lowest BCUT2D eigenvalue weighted by Crippen LogP contribution is -2.44. The molecule has 1 aliphatic rings. The molecule has 2 atom stereocenters. The first-order valence-corrected chi connectivity index (χ1v) is 10.7. The second kappa shape index (κ2) is 9.96. The molecule has 1 amide bonds. The van der Waals surface area contributed by atoms with Crippen molar-refractivity contribution in [1.82, 2.24) is 9.80 Å². The van der Waals surface area contributed by atoms with Gasteiger partial charge < -0.3 is 9.47 Å². The van der Waals surface area contributed by atoms with E-state index in [9.17, 15) is 9.59 Å². The third kappa shape index (κ3) is 6.31. The molecule has 0 bridgehead atoms. The fourth-order valence-corrected chi connectivity index (χ4v) is 3.92. The maximum Gasteiger partial charge on any atom is 0.410 e. The zero-order chi connectivity index (χ0) is 22.4. The van der Waals surface area contributed by atoms with Gasteiger partial charge in [0.05, 0.1) is 13.2 Å². The molecule has 0 spiro atoms. The smallest absolute Gasteiger partial charge is 0.410 e. The van der Waals surface area contributed by atoms with Crippen molar-refractivity contribution in [3.63, 3.8) is 0 Å².